The zero-order valence-corrected chi connectivity index (χ0v) is 14.3. The van der Waals surface area contributed by atoms with Gasteiger partial charge >= 0.3 is 0 Å². The Bertz CT molecular complexity index is 586. The number of likely N-dealkylation sites (N-methyl/N-ethyl adjacent to an activating group) is 1. The summed E-state index contributed by atoms with van der Waals surface area (Å²) >= 11 is 0. The van der Waals surface area contributed by atoms with E-state index < -0.39 is 10.0 Å². The van der Waals surface area contributed by atoms with Crippen molar-refractivity contribution in [3.8, 4) is 11.5 Å². The van der Waals surface area contributed by atoms with Crippen molar-refractivity contribution in [2.75, 3.05) is 25.4 Å². The molecule has 5 nitrogen and oxygen atoms in total. The third-order valence-electron chi connectivity index (χ3n) is 3.67. The fourth-order valence-electron chi connectivity index (χ4n) is 2.33. The first-order valence-corrected chi connectivity index (χ1v) is 9.39. The van der Waals surface area contributed by atoms with Crippen LogP contribution in [0.2, 0.25) is 0 Å². The largest absolute Gasteiger partial charge is 0.486 e. The summed E-state index contributed by atoms with van der Waals surface area (Å²) < 4.78 is 37.8. The maximum atomic E-state index is 12.4. The van der Waals surface area contributed by atoms with Gasteiger partial charge in [-0.15, -0.1) is 0 Å². The highest BCUT2D eigenvalue weighted by atomic mass is 32.2. The second-order valence-corrected chi connectivity index (χ2v) is 8.04. The third kappa shape index (κ3) is 4.36. The molecule has 22 heavy (non-hydrogen) atoms. The van der Waals surface area contributed by atoms with Gasteiger partial charge in [0.25, 0.3) is 0 Å². The Morgan fingerprint density at radius 3 is 2.59 bits per heavy atom. The summed E-state index contributed by atoms with van der Waals surface area (Å²) in [6, 6.07) is 7.45. The molecule has 0 radical (unpaired) electrons. The molecule has 0 saturated carbocycles. The predicted molar refractivity (Wildman–Crippen MR) is 86.8 cm³/mol. The van der Waals surface area contributed by atoms with E-state index in [4.69, 9.17) is 9.47 Å². The van der Waals surface area contributed by atoms with Crippen LogP contribution in [0.15, 0.2) is 24.3 Å². The molecule has 124 valence electrons. The molecule has 0 fully saturated rings. The number of fused-ring (bicyclic) bond motifs is 1. The molecule has 0 aliphatic carbocycles. The van der Waals surface area contributed by atoms with E-state index in [0.29, 0.717) is 43.5 Å². The molecule has 0 saturated heterocycles. The topological polar surface area (TPSA) is 55.8 Å². The molecule has 1 heterocycles. The van der Waals surface area contributed by atoms with Gasteiger partial charge in [-0.3, -0.25) is 0 Å². The fraction of sp³-hybridized carbons (Fsp3) is 0.625. The zero-order valence-electron chi connectivity index (χ0n) is 13.5. The molecule has 0 spiro atoms. The summed E-state index contributed by atoms with van der Waals surface area (Å²) in [5.41, 5.74) is 0. The van der Waals surface area contributed by atoms with Crippen LogP contribution in [0, 0.1) is 5.92 Å². The minimum atomic E-state index is -3.25. The zero-order chi connectivity index (χ0) is 16.2. The lowest BCUT2D eigenvalue weighted by atomic mass is 10.2. The molecule has 1 aromatic carbocycles. The molecule has 0 bridgehead atoms. The van der Waals surface area contributed by atoms with Crippen LogP contribution in [0.25, 0.3) is 0 Å². The summed E-state index contributed by atoms with van der Waals surface area (Å²) in [7, 11) is -3.25. The van der Waals surface area contributed by atoms with Gasteiger partial charge in [0.2, 0.25) is 10.0 Å². The van der Waals surface area contributed by atoms with Gasteiger partial charge in [0.1, 0.15) is 12.7 Å². The van der Waals surface area contributed by atoms with Crippen LogP contribution in [-0.2, 0) is 10.0 Å². The Labute approximate surface area is 133 Å². The lowest BCUT2D eigenvalue weighted by Gasteiger charge is -2.30. The molecule has 1 aliphatic heterocycles. The van der Waals surface area contributed by atoms with Crippen LogP contribution in [0.3, 0.4) is 0 Å². The average Bonchev–Trinajstić information content (AvgIpc) is 2.50. The van der Waals surface area contributed by atoms with Crippen molar-refractivity contribution in [3.05, 3.63) is 24.3 Å². The van der Waals surface area contributed by atoms with E-state index in [1.165, 1.54) is 4.31 Å². The first-order valence-electron chi connectivity index (χ1n) is 7.78. The van der Waals surface area contributed by atoms with Gasteiger partial charge in [0.05, 0.1) is 12.3 Å². The standard InChI is InChI=1S/C16H25NO4S/c1-4-17(22(18,19)10-9-13(2)3)11-14-12-20-15-7-5-6-8-16(15)21-14/h5-8,13-14H,4,9-12H2,1-3H3. The van der Waals surface area contributed by atoms with Gasteiger partial charge in [0.15, 0.2) is 11.5 Å². The molecule has 0 N–H and O–H groups in total. The summed E-state index contributed by atoms with van der Waals surface area (Å²) in [5.74, 6) is 1.94. The second kappa shape index (κ2) is 7.33. The highest BCUT2D eigenvalue weighted by molar-refractivity contribution is 7.89. The number of hydrogen-bond acceptors (Lipinski definition) is 4. The molecule has 1 atom stereocenters. The number of rotatable bonds is 7. The van der Waals surface area contributed by atoms with Gasteiger partial charge in [-0.25, -0.2) is 8.42 Å². The number of para-hydroxylation sites is 2. The number of ether oxygens (including phenoxy) is 2. The summed E-state index contributed by atoms with van der Waals surface area (Å²) in [4.78, 5) is 0. The van der Waals surface area contributed by atoms with E-state index in [9.17, 15) is 8.42 Å². The van der Waals surface area contributed by atoms with Crippen molar-refractivity contribution >= 4 is 10.0 Å². The third-order valence-corrected chi connectivity index (χ3v) is 5.62. The fourth-order valence-corrected chi connectivity index (χ4v) is 4.15. The highest BCUT2D eigenvalue weighted by Gasteiger charge is 2.28. The SMILES string of the molecule is CCN(CC1COc2ccccc2O1)S(=O)(=O)CCC(C)C. The number of hydrogen-bond donors (Lipinski definition) is 0. The van der Waals surface area contributed by atoms with Crippen molar-refractivity contribution in [2.45, 2.75) is 33.3 Å². The second-order valence-electron chi connectivity index (χ2n) is 5.95. The van der Waals surface area contributed by atoms with Crippen LogP contribution in [0.1, 0.15) is 27.2 Å². The monoisotopic (exact) mass is 327 g/mol. The molecule has 2 rings (SSSR count). The van der Waals surface area contributed by atoms with Crippen LogP contribution in [0.5, 0.6) is 11.5 Å². The number of benzene rings is 1. The van der Waals surface area contributed by atoms with Gasteiger partial charge < -0.3 is 9.47 Å². The minimum absolute atomic E-state index is 0.183. The van der Waals surface area contributed by atoms with Gasteiger partial charge in [-0.05, 0) is 24.5 Å². The molecule has 1 unspecified atom stereocenters. The minimum Gasteiger partial charge on any atom is -0.486 e. The molecule has 1 aromatic rings. The lowest BCUT2D eigenvalue weighted by Crippen LogP contribution is -2.44. The molecule has 6 heteroatoms. The van der Waals surface area contributed by atoms with Gasteiger partial charge in [-0.1, -0.05) is 32.9 Å². The van der Waals surface area contributed by atoms with E-state index in [1.807, 2.05) is 45.0 Å². The van der Waals surface area contributed by atoms with E-state index in [1.54, 1.807) is 0 Å². The van der Waals surface area contributed by atoms with Gasteiger partial charge in [-0.2, -0.15) is 4.31 Å². The first kappa shape index (κ1) is 17.1. The van der Waals surface area contributed by atoms with Crippen molar-refractivity contribution < 1.29 is 17.9 Å². The first-order chi connectivity index (χ1) is 10.4. The summed E-state index contributed by atoms with van der Waals surface area (Å²) in [6.07, 6.45) is 0.396. The van der Waals surface area contributed by atoms with E-state index in [-0.39, 0.29) is 11.9 Å². The molecular weight excluding hydrogens is 302 g/mol. The van der Waals surface area contributed by atoms with Crippen molar-refractivity contribution in [1.82, 2.24) is 4.31 Å². The number of sulfonamides is 1. The Balaban J connectivity index is 1.99. The summed E-state index contributed by atoms with van der Waals surface area (Å²) in [6.45, 7) is 7.05. The number of nitrogens with zero attached hydrogens (tertiary/aromatic N) is 1. The van der Waals surface area contributed by atoms with Crippen LogP contribution < -0.4 is 9.47 Å². The Kier molecular flexibility index (Phi) is 5.69. The molecular formula is C16H25NO4S. The average molecular weight is 327 g/mol. The van der Waals surface area contributed by atoms with Crippen LogP contribution in [-0.4, -0.2) is 44.3 Å². The highest BCUT2D eigenvalue weighted by Crippen LogP contribution is 2.31. The normalized spacial score (nSPS) is 18.0. The van der Waals surface area contributed by atoms with E-state index >= 15 is 0 Å². The van der Waals surface area contributed by atoms with Crippen molar-refractivity contribution in [1.29, 1.82) is 0 Å². The smallest absolute Gasteiger partial charge is 0.214 e. The molecule has 0 aromatic heterocycles. The quantitative estimate of drug-likeness (QED) is 0.772. The van der Waals surface area contributed by atoms with Crippen LogP contribution in [0.4, 0.5) is 0 Å². The maximum absolute atomic E-state index is 12.4. The van der Waals surface area contributed by atoms with Crippen LogP contribution >= 0.6 is 0 Å². The van der Waals surface area contributed by atoms with Crippen molar-refractivity contribution in [3.63, 3.8) is 0 Å². The molecule has 1 aliphatic rings. The predicted octanol–water partition coefficient (Wildman–Crippen LogP) is 2.52. The van der Waals surface area contributed by atoms with E-state index in [0.717, 1.165) is 0 Å². The van der Waals surface area contributed by atoms with E-state index in [2.05, 4.69) is 0 Å². The maximum Gasteiger partial charge on any atom is 0.214 e. The lowest BCUT2D eigenvalue weighted by molar-refractivity contribution is 0.0771. The Morgan fingerprint density at radius 2 is 1.95 bits per heavy atom. The van der Waals surface area contributed by atoms with Gasteiger partial charge in [0, 0.05) is 6.54 Å². The molecule has 0 amide bonds. The Hall–Kier alpha value is -1.27. The Morgan fingerprint density at radius 1 is 1.27 bits per heavy atom. The van der Waals surface area contributed by atoms with Crippen molar-refractivity contribution in [2.24, 2.45) is 5.92 Å². The summed E-state index contributed by atoms with van der Waals surface area (Å²) in [5, 5.41) is 0.